The van der Waals surface area contributed by atoms with E-state index >= 15 is 0 Å². The van der Waals surface area contributed by atoms with Crippen LogP contribution in [0.2, 0.25) is 0 Å². The number of benzene rings is 1. The molecule has 10 unspecified atom stereocenters. The smallest absolute Gasteiger partial charge is 0.336 e. The van der Waals surface area contributed by atoms with E-state index in [2.05, 4.69) is 0 Å². The highest BCUT2D eigenvalue weighted by Gasteiger charge is 2.48. The molecule has 0 spiro atoms. The summed E-state index contributed by atoms with van der Waals surface area (Å²) in [4.78, 5) is 22.7. The normalized spacial score (nSPS) is 37.0. The van der Waals surface area contributed by atoms with Crippen LogP contribution in [0.5, 0.6) is 5.75 Å². The van der Waals surface area contributed by atoms with Gasteiger partial charge in [0.05, 0.1) is 12.7 Å². The molecule has 13 nitrogen and oxygen atoms in total. The molecule has 2 aromatic rings. The van der Waals surface area contributed by atoms with Crippen LogP contribution in [0.15, 0.2) is 39.5 Å². The Kier molecular flexibility index (Phi) is 7.92. The summed E-state index contributed by atoms with van der Waals surface area (Å²) in [5.41, 5.74) is -0.330. The Labute approximate surface area is 204 Å². The number of fused-ring (bicyclic) bond motifs is 1. The number of carbonyl (C=O) groups is 1. The third-order valence-electron chi connectivity index (χ3n) is 6.02. The van der Waals surface area contributed by atoms with Gasteiger partial charge in [-0.3, -0.25) is 4.79 Å². The molecule has 2 aliphatic heterocycles. The zero-order valence-corrected chi connectivity index (χ0v) is 19.4. The average Bonchev–Trinajstić information content (AvgIpc) is 2.83. The summed E-state index contributed by atoms with van der Waals surface area (Å²) < 4.78 is 32.3. The molecule has 3 heterocycles. The molecule has 198 valence electrons. The van der Waals surface area contributed by atoms with E-state index in [9.17, 15) is 35.1 Å². The van der Waals surface area contributed by atoms with Crippen LogP contribution in [-0.2, 0) is 23.7 Å². The SMILES string of the molecule is CC(=O)OC1C(C)OC(OCC2OC(Oc3ccc4ccc(=O)oc4c3)C(O)C(O)C2O)C(O)C1O. The summed E-state index contributed by atoms with van der Waals surface area (Å²) in [7, 11) is 0. The largest absolute Gasteiger partial charge is 0.462 e. The fourth-order valence-corrected chi connectivity index (χ4v) is 4.09. The van der Waals surface area contributed by atoms with Crippen molar-refractivity contribution >= 4 is 16.9 Å². The van der Waals surface area contributed by atoms with Crippen molar-refractivity contribution in [3.63, 3.8) is 0 Å². The topological polar surface area (TPSA) is 195 Å². The number of aliphatic hydroxyl groups excluding tert-OH is 5. The summed E-state index contributed by atoms with van der Waals surface area (Å²) in [6.45, 7) is 2.24. The molecular formula is C23H28O13. The van der Waals surface area contributed by atoms with Crippen molar-refractivity contribution in [2.75, 3.05) is 6.61 Å². The van der Waals surface area contributed by atoms with Gasteiger partial charge in [0.1, 0.15) is 48.0 Å². The maximum absolute atomic E-state index is 11.5. The van der Waals surface area contributed by atoms with Gasteiger partial charge in [0.25, 0.3) is 0 Å². The van der Waals surface area contributed by atoms with Crippen LogP contribution in [0.1, 0.15) is 13.8 Å². The Balaban J connectivity index is 1.42. The maximum Gasteiger partial charge on any atom is 0.336 e. The Morgan fingerprint density at radius 1 is 0.917 bits per heavy atom. The number of aliphatic hydroxyl groups is 5. The third-order valence-corrected chi connectivity index (χ3v) is 6.02. The molecule has 1 aromatic carbocycles. The van der Waals surface area contributed by atoms with E-state index in [-0.39, 0.29) is 11.3 Å². The van der Waals surface area contributed by atoms with Crippen LogP contribution < -0.4 is 10.4 Å². The predicted molar refractivity (Wildman–Crippen MR) is 118 cm³/mol. The third kappa shape index (κ3) is 5.53. The summed E-state index contributed by atoms with van der Waals surface area (Å²) in [6, 6.07) is 7.40. The second kappa shape index (κ2) is 10.8. The van der Waals surface area contributed by atoms with Crippen molar-refractivity contribution in [2.45, 2.75) is 75.3 Å². The number of ether oxygens (including phenoxy) is 5. The second-order valence-corrected chi connectivity index (χ2v) is 8.68. The van der Waals surface area contributed by atoms with Gasteiger partial charge in [-0.1, -0.05) is 0 Å². The van der Waals surface area contributed by atoms with Crippen LogP contribution in [0.25, 0.3) is 11.0 Å². The van der Waals surface area contributed by atoms with E-state index in [0.29, 0.717) is 5.39 Å². The summed E-state index contributed by atoms with van der Waals surface area (Å²) >= 11 is 0. The molecule has 36 heavy (non-hydrogen) atoms. The molecule has 0 radical (unpaired) electrons. The van der Waals surface area contributed by atoms with Gasteiger partial charge in [-0.05, 0) is 25.1 Å². The minimum atomic E-state index is -1.68. The maximum atomic E-state index is 11.5. The highest BCUT2D eigenvalue weighted by molar-refractivity contribution is 5.77. The Bertz CT molecular complexity index is 1120. The van der Waals surface area contributed by atoms with Crippen LogP contribution in [0.4, 0.5) is 0 Å². The van der Waals surface area contributed by atoms with Crippen molar-refractivity contribution in [3.8, 4) is 5.75 Å². The van der Waals surface area contributed by atoms with Crippen LogP contribution in [-0.4, -0.2) is 99.5 Å². The lowest BCUT2D eigenvalue weighted by Crippen LogP contribution is -2.62. The molecule has 2 aliphatic rings. The zero-order chi connectivity index (χ0) is 26.1. The number of hydrogen-bond acceptors (Lipinski definition) is 13. The van der Waals surface area contributed by atoms with Gasteiger partial charge >= 0.3 is 11.6 Å². The van der Waals surface area contributed by atoms with E-state index in [4.69, 9.17) is 28.1 Å². The molecule has 5 N–H and O–H groups in total. The average molecular weight is 512 g/mol. The lowest BCUT2D eigenvalue weighted by atomic mass is 9.98. The lowest BCUT2D eigenvalue weighted by molar-refractivity contribution is -0.319. The molecule has 2 saturated heterocycles. The van der Waals surface area contributed by atoms with E-state index in [1.807, 2.05) is 0 Å². The summed E-state index contributed by atoms with van der Waals surface area (Å²) in [6.07, 6.45) is -14.0. The molecule has 13 heteroatoms. The molecule has 0 saturated carbocycles. The summed E-state index contributed by atoms with van der Waals surface area (Å²) in [5.74, 6) is -0.504. The minimum Gasteiger partial charge on any atom is -0.462 e. The first kappa shape index (κ1) is 26.4. The summed E-state index contributed by atoms with van der Waals surface area (Å²) in [5, 5.41) is 52.3. The van der Waals surface area contributed by atoms with Gasteiger partial charge in [-0.15, -0.1) is 0 Å². The standard InChI is InChI=1S/C23H28O13/c1-9-21(33-10(2)24)18(28)20(30)22(32-9)31-8-14-16(26)17(27)19(29)23(36-14)34-12-5-3-11-4-6-15(25)35-13(11)7-12/h3-7,9,14,16-23,26-30H,8H2,1-2H3. The van der Waals surface area contributed by atoms with Gasteiger partial charge in [0.2, 0.25) is 6.29 Å². The fourth-order valence-electron chi connectivity index (χ4n) is 4.09. The van der Waals surface area contributed by atoms with E-state index in [0.717, 1.165) is 6.92 Å². The molecule has 10 atom stereocenters. The molecule has 0 bridgehead atoms. The molecule has 1 aromatic heterocycles. The fraction of sp³-hybridized carbons (Fsp3) is 0.565. The molecule has 4 rings (SSSR count). The number of hydrogen-bond donors (Lipinski definition) is 5. The van der Waals surface area contributed by atoms with Crippen molar-refractivity contribution in [3.05, 3.63) is 40.8 Å². The van der Waals surface area contributed by atoms with Crippen molar-refractivity contribution in [1.29, 1.82) is 0 Å². The number of rotatable bonds is 6. The van der Waals surface area contributed by atoms with Crippen LogP contribution >= 0.6 is 0 Å². The number of esters is 1. The number of carbonyl (C=O) groups excluding carboxylic acids is 1. The highest BCUT2D eigenvalue weighted by atomic mass is 16.7. The minimum absolute atomic E-state index is 0.156. The van der Waals surface area contributed by atoms with Gasteiger partial charge in [-0.2, -0.15) is 0 Å². The highest BCUT2D eigenvalue weighted by Crippen LogP contribution is 2.29. The molecule has 2 fully saturated rings. The second-order valence-electron chi connectivity index (χ2n) is 8.68. The van der Waals surface area contributed by atoms with E-state index in [1.54, 1.807) is 12.1 Å². The molecule has 0 aliphatic carbocycles. The van der Waals surface area contributed by atoms with E-state index in [1.165, 1.54) is 25.1 Å². The van der Waals surface area contributed by atoms with Gasteiger partial charge in [-0.25, -0.2) is 4.79 Å². The molecular weight excluding hydrogens is 484 g/mol. The van der Waals surface area contributed by atoms with E-state index < -0.39 is 79.6 Å². The predicted octanol–water partition coefficient (Wildman–Crippen LogP) is -1.61. The van der Waals surface area contributed by atoms with Gasteiger partial charge in [0, 0.05) is 24.4 Å². The Hall–Kier alpha value is -2.62. The first-order valence-electron chi connectivity index (χ1n) is 11.3. The van der Waals surface area contributed by atoms with Crippen molar-refractivity contribution < 1.29 is 58.4 Å². The van der Waals surface area contributed by atoms with Crippen molar-refractivity contribution in [2.24, 2.45) is 0 Å². The zero-order valence-electron chi connectivity index (χ0n) is 19.4. The van der Waals surface area contributed by atoms with Gasteiger partial charge in [0.15, 0.2) is 12.4 Å². The van der Waals surface area contributed by atoms with Gasteiger partial charge < -0.3 is 53.6 Å². The quantitative estimate of drug-likeness (QED) is 0.219. The first-order valence-corrected chi connectivity index (χ1v) is 11.3. The monoisotopic (exact) mass is 512 g/mol. The Morgan fingerprint density at radius 2 is 1.61 bits per heavy atom. The Morgan fingerprint density at radius 3 is 2.33 bits per heavy atom. The van der Waals surface area contributed by atoms with Crippen LogP contribution in [0.3, 0.4) is 0 Å². The van der Waals surface area contributed by atoms with Crippen LogP contribution in [0, 0.1) is 0 Å². The first-order chi connectivity index (χ1) is 17.0. The molecule has 0 amide bonds. The van der Waals surface area contributed by atoms with Crippen molar-refractivity contribution in [1.82, 2.24) is 0 Å². The lowest BCUT2D eigenvalue weighted by Gasteiger charge is -2.43.